The fraction of sp³-hybridized carbons (Fsp3) is 0.125. The molecular weight excluding hydrogens is 279 g/mol. The fourth-order valence-electron chi connectivity index (χ4n) is 2.41. The van der Waals surface area contributed by atoms with Crippen LogP contribution < -0.4 is 0 Å². The summed E-state index contributed by atoms with van der Waals surface area (Å²) in [6, 6.07) is 11.3. The van der Waals surface area contributed by atoms with Crippen LogP contribution in [0.5, 0.6) is 0 Å². The number of fused-ring (bicyclic) bond motifs is 1. The van der Waals surface area contributed by atoms with E-state index in [1.807, 2.05) is 24.3 Å². The topological polar surface area (TPSA) is 33.4 Å². The highest BCUT2D eigenvalue weighted by atomic mass is 35.5. The summed E-state index contributed by atoms with van der Waals surface area (Å²) in [5.74, 6) is 0.160. The molecule has 0 aliphatic carbocycles. The summed E-state index contributed by atoms with van der Waals surface area (Å²) in [5, 5.41) is 11.7. The molecule has 0 saturated carbocycles. The maximum Gasteiger partial charge on any atom is 0.134 e. The van der Waals surface area contributed by atoms with Gasteiger partial charge in [0.15, 0.2) is 0 Å². The molecule has 0 aliphatic heterocycles. The zero-order valence-corrected chi connectivity index (χ0v) is 11.5. The maximum absolute atomic E-state index is 13.4. The summed E-state index contributed by atoms with van der Waals surface area (Å²) < 4.78 is 19.0. The number of hydrogen-bond donors (Lipinski definition) is 1. The Labute approximate surface area is 120 Å². The van der Waals surface area contributed by atoms with Crippen molar-refractivity contribution in [2.75, 3.05) is 0 Å². The van der Waals surface area contributed by atoms with Gasteiger partial charge in [0.1, 0.15) is 23.3 Å². The van der Waals surface area contributed by atoms with Gasteiger partial charge in [-0.1, -0.05) is 29.8 Å². The summed E-state index contributed by atoms with van der Waals surface area (Å²) in [4.78, 5) is 0. The first-order chi connectivity index (χ1) is 9.58. The number of aliphatic hydroxyl groups excluding tert-OH is 1. The van der Waals surface area contributed by atoms with Crippen LogP contribution in [0.2, 0.25) is 5.02 Å². The maximum atomic E-state index is 13.4. The third-order valence-electron chi connectivity index (χ3n) is 3.35. The van der Waals surface area contributed by atoms with Gasteiger partial charge in [-0.2, -0.15) is 0 Å². The highest BCUT2D eigenvalue weighted by Gasteiger charge is 2.22. The Balaban J connectivity index is 2.20. The summed E-state index contributed by atoms with van der Waals surface area (Å²) in [6.07, 6.45) is -1.03. The van der Waals surface area contributed by atoms with Gasteiger partial charge in [-0.05, 0) is 31.2 Å². The van der Waals surface area contributed by atoms with E-state index in [9.17, 15) is 9.50 Å². The van der Waals surface area contributed by atoms with Crippen molar-refractivity contribution in [1.29, 1.82) is 0 Å². The molecule has 0 amide bonds. The van der Waals surface area contributed by atoms with E-state index in [0.29, 0.717) is 27.5 Å². The number of aliphatic hydroxyl groups is 1. The zero-order chi connectivity index (χ0) is 14.3. The van der Waals surface area contributed by atoms with Crippen LogP contribution >= 0.6 is 11.6 Å². The summed E-state index contributed by atoms with van der Waals surface area (Å²) in [6.45, 7) is 1.77. The minimum Gasteiger partial charge on any atom is -0.461 e. The molecule has 0 spiro atoms. The Kier molecular flexibility index (Phi) is 3.24. The molecule has 0 aliphatic rings. The second-order valence-corrected chi connectivity index (χ2v) is 5.04. The Morgan fingerprint density at radius 2 is 1.95 bits per heavy atom. The molecule has 0 radical (unpaired) electrons. The monoisotopic (exact) mass is 290 g/mol. The predicted octanol–water partition coefficient (Wildman–Crippen LogP) is 4.62. The predicted molar refractivity (Wildman–Crippen MR) is 76.4 cm³/mol. The van der Waals surface area contributed by atoms with E-state index in [2.05, 4.69) is 0 Å². The molecule has 20 heavy (non-hydrogen) atoms. The molecule has 1 heterocycles. The van der Waals surface area contributed by atoms with Gasteiger partial charge in [0, 0.05) is 21.5 Å². The van der Waals surface area contributed by atoms with Crippen molar-refractivity contribution in [1.82, 2.24) is 0 Å². The average molecular weight is 291 g/mol. The SMILES string of the molecule is Cc1oc2ccccc2c1C(O)c1cc(F)ccc1Cl. The molecule has 2 aromatic carbocycles. The van der Waals surface area contributed by atoms with Gasteiger partial charge in [0.2, 0.25) is 0 Å². The van der Waals surface area contributed by atoms with Crippen molar-refractivity contribution in [2.45, 2.75) is 13.0 Å². The number of hydrogen-bond acceptors (Lipinski definition) is 2. The normalized spacial score (nSPS) is 12.8. The lowest BCUT2D eigenvalue weighted by molar-refractivity contribution is 0.219. The molecule has 0 bridgehead atoms. The molecule has 102 valence electrons. The fourth-order valence-corrected chi connectivity index (χ4v) is 2.63. The molecule has 1 N–H and O–H groups in total. The van der Waals surface area contributed by atoms with E-state index in [-0.39, 0.29) is 0 Å². The van der Waals surface area contributed by atoms with Gasteiger partial charge in [0.05, 0.1) is 0 Å². The van der Waals surface area contributed by atoms with Gasteiger partial charge in [0.25, 0.3) is 0 Å². The van der Waals surface area contributed by atoms with E-state index in [1.54, 1.807) is 6.92 Å². The Morgan fingerprint density at radius 3 is 2.75 bits per heavy atom. The third-order valence-corrected chi connectivity index (χ3v) is 3.69. The number of halogens is 2. The van der Waals surface area contributed by atoms with Gasteiger partial charge >= 0.3 is 0 Å². The first kappa shape index (κ1) is 13.2. The first-order valence-electron chi connectivity index (χ1n) is 6.19. The number of furan rings is 1. The van der Waals surface area contributed by atoms with Crippen molar-refractivity contribution in [2.24, 2.45) is 0 Å². The summed E-state index contributed by atoms with van der Waals surface area (Å²) >= 11 is 6.05. The molecular formula is C16H12ClFO2. The Hall–Kier alpha value is -1.84. The van der Waals surface area contributed by atoms with Crippen LogP contribution in [0.3, 0.4) is 0 Å². The first-order valence-corrected chi connectivity index (χ1v) is 6.57. The zero-order valence-electron chi connectivity index (χ0n) is 10.7. The van der Waals surface area contributed by atoms with Gasteiger partial charge in [-0.3, -0.25) is 0 Å². The second-order valence-electron chi connectivity index (χ2n) is 4.64. The van der Waals surface area contributed by atoms with Crippen molar-refractivity contribution in [3.63, 3.8) is 0 Å². The molecule has 3 aromatic rings. The van der Waals surface area contributed by atoms with Crippen LogP contribution in [-0.4, -0.2) is 5.11 Å². The molecule has 1 aromatic heterocycles. The molecule has 0 fully saturated rings. The average Bonchev–Trinajstić information content (AvgIpc) is 2.76. The van der Waals surface area contributed by atoms with Crippen LogP contribution in [0.15, 0.2) is 46.9 Å². The second kappa shape index (κ2) is 4.93. The summed E-state index contributed by atoms with van der Waals surface area (Å²) in [7, 11) is 0. The van der Waals surface area contributed by atoms with E-state index in [4.69, 9.17) is 16.0 Å². The largest absolute Gasteiger partial charge is 0.461 e. The summed E-state index contributed by atoms with van der Waals surface area (Å²) in [5.41, 5.74) is 1.64. The number of para-hydroxylation sites is 1. The van der Waals surface area contributed by atoms with Crippen LogP contribution in [-0.2, 0) is 0 Å². The Bertz CT molecular complexity index is 779. The van der Waals surface area contributed by atoms with E-state index >= 15 is 0 Å². The van der Waals surface area contributed by atoms with E-state index in [1.165, 1.54) is 18.2 Å². The number of aryl methyl sites for hydroxylation is 1. The highest BCUT2D eigenvalue weighted by molar-refractivity contribution is 6.31. The minimum absolute atomic E-state index is 0.323. The Morgan fingerprint density at radius 1 is 1.20 bits per heavy atom. The minimum atomic E-state index is -1.03. The van der Waals surface area contributed by atoms with Crippen molar-refractivity contribution in [3.05, 3.63) is 70.2 Å². The van der Waals surface area contributed by atoms with Gasteiger partial charge in [-0.25, -0.2) is 4.39 Å². The third kappa shape index (κ3) is 2.09. The smallest absolute Gasteiger partial charge is 0.134 e. The van der Waals surface area contributed by atoms with Crippen molar-refractivity contribution >= 4 is 22.6 Å². The number of rotatable bonds is 2. The van der Waals surface area contributed by atoms with E-state index in [0.717, 1.165) is 5.39 Å². The quantitative estimate of drug-likeness (QED) is 0.747. The van der Waals surface area contributed by atoms with Gasteiger partial charge in [-0.15, -0.1) is 0 Å². The van der Waals surface area contributed by atoms with Crippen LogP contribution in [0, 0.1) is 12.7 Å². The van der Waals surface area contributed by atoms with Crippen molar-refractivity contribution < 1.29 is 13.9 Å². The standard InChI is InChI=1S/C16H12ClFO2/c1-9-15(11-4-2-3-5-14(11)20-9)16(19)12-8-10(18)6-7-13(12)17/h2-8,16,19H,1H3. The van der Waals surface area contributed by atoms with Crippen LogP contribution in [0.25, 0.3) is 11.0 Å². The van der Waals surface area contributed by atoms with Crippen LogP contribution in [0.4, 0.5) is 4.39 Å². The van der Waals surface area contributed by atoms with Gasteiger partial charge < -0.3 is 9.52 Å². The highest BCUT2D eigenvalue weighted by Crippen LogP contribution is 2.36. The lowest BCUT2D eigenvalue weighted by Gasteiger charge is -2.13. The number of benzene rings is 2. The molecule has 1 atom stereocenters. The molecule has 2 nitrogen and oxygen atoms in total. The van der Waals surface area contributed by atoms with E-state index < -0.39 is 11.9 Å². The molecule has 3 rings (SSSR count). The van der Waals surface area contributed by atoms with Crippen molar-refractivity contribution in [3.8, 4) is 0 Å². The molecule has 1 unspecified atom stereocenters. The molecule has 0 saturated heterocycles. The lowest BCUT2D eigenvalue weighted by Crippen LogP contribution is -2.02. The molecule has 4 heteroatoms. The van der Waals surface area contributed by atoms with Crippen LogP contribution in [0.1, 0.15) is 23.0 Å². The lowest BCUT2D eigenvalue weighted by atomic mass is 9.98.